The van der Waals surface area contributed by atoms with E-state index in [-0.39, 0.29) is 6.01 Å². The fourth-order valence-corrected chi connectivity index (χ4v) is 2.86. The molecule has 0 saturated heterocycles. The molecule has 0 unspecified atom stereocenters. The fourth-order valence-electron chi connectivity index (χ4n) is 1.89. The number of halogens is 1. The van der Waals surface area contributed by atoms with E-state index in [0.29, 0.717) is 16.6 Å². The lowest BCUT2D eigenvalue weighted by Crippen LogP contribution is -2.19. The maximum atomic E-state index is 11.9. The largest absolute Gasteiger partial charge is 0.402 e. The van der Waals surface area contributed by atoms with Crippen molar-refractivity contribution >= 4 is 40.7 Å². The number of carbonyl (C=O) groups is 1. The fraction of sp³-hybridized carbons (Fsp3) is 0.143. The van der Waals surface area contributed by atoms with E-state index in [1.807, 2.05) is 13.8 Å². The van der Waals surface area contributed by atoms with Gasteiger partial charge in [-0.1, -0.05) is 16.7 Å². The molecular weight excluding hydrogens is 338 g/mol. The summed E-state index contributed by atoms with van der Waals surface area (Å²) in [6, 6.07) is 6.25. The third-order valence-electron chi connectivity index (χ3n) is 2.85. The standard InChI is InChI=1S/C14H12ClN5O2S/c1-7-11(23-8(2)16-7)12-19-20-14(22-12)18-13(21)17-10-5-3-9(15)4-6-10/h3-6H,1-2H3,(H2,17,18,20,21). The highest BCUT2D eigenvalue weighted by molar-refractivity contribution is 7.15. The van der Waals surface area contributed by atoms with Crippen molar-refractivity contribution in [3.63, 3.8) is 0 Å². The molecule has 3 rings (SSSR count). The molecule has 2 amide bonds. The Morgan fingerprint density at radius 1 is 1.17 bits per heavy atom. The van der Waals surface area contributed by atoms with Crippen LogP contribution in [0, 0.1) is 13.8 Å². The minimum absolute atomic E-state index is 0.0110. The van der Waals surface area contributed by atoms with Gasteiger partial charge in [-0.05, 0) is 38.1 Å². The Morgan fingerprint density at radius 2 is 1.91 bits per heavy atom. The van der Waals surface area contributed by atoms with Crippen molar-refractivity contribution in [2.75, 3.05) is 10.6 Å². The predicted octanol–water partition coefficient (Wildman–Crippen LogP) is 4.11. The van der Waals surface area contributed by atoms with Crippen LogP contribution in [0.5, 0.6) is 0 Å². The average molecular weight is 350 g/mol. The third kappa shape index (κ3) is 3.66. The summed E-state index contributed by atoms with van der Waals surface area (Å²) < 4.78 is 5.45. The van der Waals surface area contributed by atoms with E-state index >= 15 is 0 Å². The molecule has 0 saturated carbocycles. The summed E-state index contributed by atoms with van der Waals surface area (Å²) in [4.78, 5) is 17.0. The molecule has 0 fully saturated rings. The van der Waals surface area contributed by atoms with Gasteiger partial charge in [-0.2, -0.15) is 0 Å². The van der Waals surface area contributed by atoms with Crippen molar-refractivity contribution in [2.24, 2.45) is 0 Å². The van der Waals surface area contributed by atoms with Gasteiger partial charge in [-0.3, -0.25) is 5.32 Å². The first-order valence-electron chi connectivity index (χ1n) is 6.63. The number of carbonyl (C=O) groups excluding carboxylic acids is 1. The summed E-state index contributed by atoms with van der Waals surface area (Å²) >= 11 is 7.24. The van der Waals surface area contributed by atoms with Crippen LogP contribution in [0.1, 0.15) is 10.7 Å². The zero-order chi connectivity index (χ0) is 16.4. The van der Waals surface area contributed by atoms with Gasteiger partial charge in [0.25, 0.3) is 5.89 Å². The van der Waals surface area contributed by atoms with E-state index in [1.54, 1.807) is 24.3 Å². The van der Waals surface area contributed by atoms with Gasteiger partial charge in [0.05, 0.1) is 10.7 Å². The Kier molecular flexibility index (Phi) is 4.26. The molecule has 0 atom stereocenters. The van der Waals surface area contributed by atoms with Gasteiger partial charge in [-0.15, -0.1) is 16.4 Å². The number of amides is 2. The lowest BCUT2D eigenvalue weighted by molar-refractivity contribution is 0.261. The van der Waals surface area contributed by atoms with E-state index in [2.05, 4.69) is 25.8 Å². The quantitative estimate of drug-likeness (QED) is 0.742. The maximum Gasteiger partial charge on any atom is 0.327 e. The van der Waals surface area contributed by atoms with E-state index in [9.17, 15) is 4.79 Å². The number of hydrogen-bond donors (Lipinski definition) is 2. The second kappa shape index (κ2) is 6.35. The van der Waals surface area contributed by atoms with Crippen LogP contribution in [-0.4, -0.2) is 21.2 Å². The number of rotatable bonds is 3. The number of nitrogens with one attached hydrogen (secondary N) is 2. The van der Waals surface area contributed by atoms with Crippen molar-refractivity contribution < 1.29 is 9.21 Å². The molecule has 1 aromatic carbocycles. The van der Waals surface area contributed by atoms with Crippen LogP contribution in [0.3, 0.4) is 0 Å². The summed E-state index contributed by atoms with van der Waals surface area (Å²) in [5.41, 5.74) is 1.41. The van der Waals surface area contributed by atoms with Crippen LogP contribution in [0.2, 0.25) is 5.02 Å². The van der Waals surface area contributed by atoms with Gasteiger partial charge in [-0.25, -0.2) is 9.78 Å². The van der Waals surface area contributed by atoms with Crippen LogP contribution in [0.15, 0.2) is 28.7 Å². The number of benzene rings is 1. The Labute approximate surface area is 140 Å². The first-order chi connectivity index (χ1) is 11.0. The number of aromatic nitrogens is 3. The van der Waals surface area contributed by atoms with E-state index in [1.165, 1.54) is 11.3 Å². The van der Waals surface area contributed by atoms with E-state index < -0.39 is 6.03 Å². The first-order valence-corrected chi connectivity index (χ1v) is 7.82. The number of urea groups is 1. The molecule has 118 valence electrons. The summed E-state index contributed by atoms with van der Waals surface area (Å²) in [7, 11) is 0. The normalized spacial score (nSPS) is 10.6. The minimum Gasteiger partial charge on any atom is -0.402 e. The Bertz CT molecular complexity index is 843. The van der Waals surface area contributed by atoms with Gasteiger partial charge >= 0.3 is 12.0 Å². The highest BCUT2D eigenvalue weighted by Gasteiger charge is 2.16. The molecule has 0 aliphatic carbocycles. The molecule has 0 aliphatic heterocycles. The van der Waals surface area contributed by atoms with Gasteiger partial charge < -0.3 is 9.73 Å². The molecule has 0 aliphatic rings. The minimum atomic E-state index is -0.486. The van der Waals surface area contributed by atoms with Crippen molar-refractivity contribution in [2.45, 2.75) is 13.8 Å². The van der Waals surface area contributed by atoms with Crippen LogP contribution >= 0.6 is 22.9 Å². The molecule has 0 radical (unpaired) electrons. The zero-order valence-corrected chi connectivity index (χ0v) is 13.8. The number of anilines is 2. The molecule has 3 aromatic rings. The third-order valence-corrected chi connectivity index (χ3v) is 4.16. The average Bonchev–Trinajstić information content (AvgIpc) is 3.07. The van der Waals surface area contributed by atoms with Gasteiger partial charge in [0, 0.05) is 10.7 Å². The molecule has 2 N–H and O–H groups in total. The number of aryl methyl sites for hydroxylation is 2. The SMILES string of the molecule is Cc1nc(C)c(-c2nnc(NC(=O)Nc3ccc(Cl)cc3)o2)s1. The van der Waals surface area contributed by atoms with Gasteiger partial charge in [0.2, 0.25) is 0 Å². The van der Waals surface area contributed by atoms with Crippen molar-refractivity contribution in [3.8, 4) is 10.8 Å². The Balaban J connectivity index is 1.68. The topological polar surface area (TPSA) is 92.9 Å². The Hall–Kier alpha value is -2.45. The second-order valence-electron chi connectivity index (χ2n) is 4.65. The van der Waals surface area contributed by atoms with E-state index in [4.69, 9.17) is 16.0 Å². The van der Waals surface area contributed by atoms with Crippen molar-refractivity contribution in [1.29, 1.82) is 0 Å². The predicted molar refractivity (Wildman–Crippen MR) is 89.0 cm³/mol. The molecule has 2 aromatic heterocycles. The first kappa shape index (κ1) is 15.4. The number of thiazole rings is 1. The van der Waals surface area contributed by atoms with Crippen molar-refractivity contribution in [3.05, 3.63) is 40.0 Å². The molecule has 2 heterocycles. The highest BCUT2D eigenvalue weighted by Crippen LogP contribution is 2.29. The number of hydrogen-bond acceptors (Lipinski definition) is 6. The zero-order valence-electron chi connectivity index (χ0n) is 12.3. The molecule has 0 bridgehead atoms. The summed E-state index contributed by atoms with van der Waals surface area (Å²) in [5, 5.41) is 14.4. The summed E-state index contributed by atoms with van der Waals surface area (Å²) in [5.74, 6) is 0.329. The lowest BCUT2D eigenvalue weighted by Gasteiger charge is -2.04. The van der Waals surface area contributed by atoms with Gasteiger partial charge in [0.15, 0.2) is 0 Å². The highest BCUT2D eigenvalue weighted by atomic mass is 35.5. The Morgan fingerprint density at radius 3 is 2.57 bits per heavy atom. The molecular formula is C14H12ClN5O2S. The van der Waals surface area contributed by atoms with Crippen molar-refractivity contribution in [1.82, 2.24) is 15.2 Å². The molecule has 23 heavy (non-hydrogen) atoms. The van der Waals surface area contributed by atoms with Crippen LogP contribution in [0.4, 0.5) is 16.5 Å². The second-order valence-corrected chi connectivity index (χ2v) is 6.29. The van der Waals surface area contributed by atoms with Crippen LogP contribution in [0.25, 0.3) is 10.8 Å². The summed E-state index contributed by atoms with van der Waals surface area (Å²) in [6.07, 6.45) is 0. The van der Waals surface area contributed by atoms with Crippen LogP contribution < -0.4 is 10.6 Å². The lowest BCUT2D eigenvalue weighted by atomic mass is 10.3. The summed E-state index contributed by atoms with van der Waals surface area (Å²) in [6.45, 7) is 3.76. The smallest absolute Gasteiger partial charge is 0.327 e. The van der Waals surface area contributed by atoms with Crippen LogP contribution in [-0.2, 0) is 0 Å². The van der Waals surface area contributed by atoms with Gasteiger partial charge in [0.1, 0.15) is 4.88 Å². The monoisotopic (exact) mass is 349 g/mol. The molecule has 0 spiro atoms. The molecule has 9 heteroatoms. The van der Waals surface area contributed by atoms with E-state index in [0.717, 1.165) is 15.6 Å². The maximum absolute atomic E-state index is 11.9. The molecule has 7 nitrogen and oxygen atoms in total. The number of nitrogens with zero attached hydrogens (tertiary/aromatic N) is 3.